The average molecular weight is 254 g/mol. The lowest BCUT2D eigenvalue weighted by Crippen LogP contribution is -2.19. The van der Waals surface area contributed by atoms with Gasteiger partial charge in [0, 0.05) is 6.61 Å². The van der Waals surface area contributed by atoms with Gasteiger partial charge in [-0.15, -0.1) is 0 Å². The molecule has 2 aromatic rings. The van der Waals surface area contributed by atoms with E-state index in [1.807, 2.05) is 6.07 Å². The third-order valence-corrected chi connectivity index (χ3v) is 3.42. The van der Waals surface area contributed by atoms with Gasteiger partial charge in [-0.25, -0.2) is 4.98 Å². The molecular formula is C11H14N2O3S. The number of benzene rings is 1. The molecule has 0 fully saturated rings. The summed E-state index contributed by atoms with van der Waals surface area (Å²) in [5.74, 6) is 0. The monoisotopic (exact) mass is 254 g/mol. The number of hydrogen-bond donors (Lipinski definition) is 4. The molecule has 2 rings (SSSR count). The van der Waals surface area contributed by atoms with Gasteiger partial charge in [0.25, 0.3) is 0 Å². The van der Waals surface area contributed by atoms with E-state index in [4.69, 9.17) is 10.8 Å². The number of thiazole rings is 1. The molecule has 0 saturated heterocycles. The Kier molecular flexibility index (Phi) is 3.58. The Balaban J connectivity index is 2.28. The zero-order chi connectivity index (χ0) is 12.4. The molecular weight excluding hydrogens is 240 g/mol. The highest BCUT2D eigenvalue weighted by Gasteiger charge is 2.18. The summed E-state index contributed by atoms with van der Waals surface area (Å²) in [6.45, 7) is -0.163. The third kappa shape index (κ3) is 2.55. The van der Waals surface area contributed by atoms with E-state index in [-0.39, 0.29) is 13.0 Å². The van der Waals surface area contributed by atoms with Gasteiger partial charge in [0.1, 0.15) is 6.10 Å². The Hall–Kier alpha value is -1.21. The van der Waals surface area contributed by atoms with E-state index in [1.54, 1.807) is 12.1 Å². The molecule has 0 saturated carbocycles. The molecule has 5 N–H and O–H groups in total. The van der Waals surface area contributed by atoms with E-state index in [1.165, 1.54) is 11.3 Å². The minimum atomic E-state index is -1.02. The number of hydrogen-bond acceptors (Lipinski definition) is 6. The van der Waals surface area contributed by atoms with Crippen molar-refractivity contribution in [2.45, 2.75) is 18.6 Å². The lowest BCUT2D eigenvalue weighted by atomic mass is 10.0. The molecule has 0 aliphatic heterocycles. The zero-order valence-corrected chi connectivity index (χ0v) is 9.89. The van der Waals surface area contributed by atoms with Crippen LogP contribution in [0.2, 0.25) is 0 Å². The number of rotatable bonds is 4. The number of nitrogens with zero attached hydrogens (tertiary/aromatic N) is 1. The van der Waals surface area contributed by atoms with Crippen LogP contribution >= 0.6 is 11.3 Å². The Morgan fingerprint density at radius 2 is 2.12 bits per heavy atom. The number of anilines is 1. The van der Waals surface area contributed by atoms with Gasteiger partial charge in [-0.2, -0.15) is 0 Å². The second kappa shape index (κ2) is 4.97. The number of aliphatic hydroxyl groups excluding tert-OH is 3. The van der Waals surface area contributed by atoms with E-state index in [0.717, 1.165) is 4.70 Å². The van der Waals surface area contributed by atoms with Gasteiger partial charge in [-0.1, -0.05) is 17.4 Å². The standard InChI is InChI=1S/C11H14N2O3S/c12-11-13-7-5-6(1-2-9(7)17-11)10(16)8(15)3-4-14/h1-2,5,8,10,14-16H,3-4H2,(H2,12,13). The van der Waals surface area contributed by atoms with Crippen LogP contribution in [0, 0.1) is 0 Å². The van der Waals surface area contributed by atoms with Crippen molar-refractivity contribution >= 4 is 26.7 Å². The summed E-state index contributed by atoms with van der Waals surface area (Å²) in [7, 11) is 0. The van der Waals surface area contributed by atoms with Gasteiger partial charge in [0.15, 0.2) is 5.13 Å². The van der Waals surface area contributed by atoms with Crippen molar-refractivity contribution in [3.8, 4) is 0 Å². The number of nitrogen functional groups attached to an aromatic ring is 1. The first kappa shape index (κ1) is 12.3. The number of aliphatic hydroxyl groups is 3. The van der Waals surface area contributed by atoms with Gasteiger partial charge in [0.05, 0.1) is 16.3 Å². The first-order valence-corrected chi connectivity index (χ1v) is 6.06. The summed E-state index contributed by atoms with van der Waals surface area (Å²) in [4.78, 5) is 4.12. The first-order valence-electron chi connectivity index (χ1n) is 5.25. The molecule has 1 aromatic carbocycles. The minimum absolute atomic E-state index is 0.137. The van der Waals surface area contributed by atoms with Crippen LogP contribution in [0.1, 0.15) is 18.1 Å². The van der Waals surface area contributed by atoms with Crippen LogP contribution in [0.25, 0.3) is 10.2 Å². The fraction of sp³-hybridized carbons (Fsp3) is 0.364. The molecule has 92 valence electrons. The van der Waals surface area contributed by atoms with Crippen LogP contribution in [0.5, 0.6) is 0 Å². The van der Waals surface area contributed by atoms with Gasteiger partial charge in [0.2, 0.25) is 0 Å². The molecule has 0 amide bonds. The second-order valence-corrected chi connectivity index (χ2v) is 4.87. The average Bonchev–Trinajstić information content (AvgIpc) is 2.67. The fourth-order valence-electron chi connectivity index (χ4n) is 1.66. The molecule has 6 heteroatoms. The van der Waals surface area contributed by atoms with Crippen molar-refractivity contribution in [2.75, 3.05) is 12.3 Å². The number of fused-ring (bicyclic) bond motifs is 1. The van der Waals surface area contributed by atoms with Crippen LogP contribution in [-0.4, -0.2) is 33.0 Å². The Morgan fingerprint density at radius 3 is 2.82 bits per heavy atom. The molecule has 17 heavy (non-hydrogen) atoms. The highest BCUT2D eigenvalue weighted by Crippen LogP contribution is 2.27. The van der Waals surface area contributed by atoms with Crippen LogP contribution < -0.4 is 5.73 Å². The lowest BCUT2D eigenvalue weighted by molar-refractivity contribution is 0.00428. The molecule has 2 unspecified atom stereocenters. The van der Waals surface area contributed by atoms with E-state index < -0.39 is 12.2 Å². The second-order valence-electron chi connectivity index (χ2n) is 3.80. The van der Waals surface area contributed by atoms with Crippen molar-refractivity contribution in [3.05, 3.63) is 23.8 Å². The SMILES string of the molecule is Nc1nc2cc(C(O)C(O)CCO)ccc2s1. The topological polar surface area (TPSA) is 99.6 Å². The summed E-state index contributed by atoms with van der Waals surface area (Å²) in [6.07, 6.45) is -1.86. The molecule has 5 nitrogen and oxygen atoms in total. The summed E-state index contributed by atoms with van der Waals surface area (Å²) in [5, 5.41) is 28.6. The Labute approximate surface area is 102 Å². The molecule has 0 aliphatic carbocycles. The lowest BCUT2D eigenvalue weighted by Gasteiger charge is -2.16. The van der Waals surface area contributed by atoms with Crippen LogP contribution in [0.4, 0.5) is 5.13 Å². The van der Waals surface area contributed by atoms with Gasteiger partial charge < -0.3 is 21.1 Å². The quantitative estimate of drug-likeness (QED) is 0.642. The maximum atomic E-state index is 9.87. The van der Waals surface area contributed by atoms with Crippen LogP contribution in [0.15, 0.2) is 18.2 Å². The molecule has 0 spiro atoms. The Bertz CT molecular complexity index is 514. The van der Waals surface area contributed by atoms with Gasteiger partial charge in [-0.3, -0.25) is 0 Å². The highest BCUT2D eigenvalue weighted by atomic mass is 32.1. The fourth-order valence-corrected chi connectivity index (χ4v) is 2.37. The smallest absolute Gasteiger partial charge is 0.181 e. The Morgan fingerprint density at radius 1 is 1.35 bits per heavy atom. The van der Waals surface area contributed by atoms with Crippen LogP contribution in [-0.2, 0) is 0 Å². The molecule has 0 radical (unpaired) electrons. The number of nitrogens with two attached hydrogens (primary N) is 1. The van der Waals surface area contributed by atoms with Crippen LogP contribution in [0.3, 0.4) is 0 Å². The summed E-state index contributed by atoms with van der Waals surface area (Å²) in [6, 6.07) is 5.24. The molecule has 1 heterocycles. The van der Waals surface area contributed by atoms with Crippen molar-refractivity contribution in [1.82, 2.24) is 4.98 Å². The normalized spacial score (nSPS) is 15.0. The van der Waals surface area contributed by atoms with Gasteiger partial charge >= 0.3 is 0 Å². The molecule has 2 atom stereocenters. The molecule has 0 bridgehead atoms. The van der Waals surface area contributed by atoms with Crippen molar-refractivity contribution in [3.63, 3.8) is 0 Å². The van der Waals surface area contributed by atoms with Gasteiger partial charge in [-0.05, 0) is 24.1 Å². The predicted molar refractivity (Wildman–Crippen MR) is 66.7 cm³/mol. The maximum Gasteiger partial charge on any atom is 0.181 e. The highest BCUT2D eigenvalue weighted by molar-refractivity contribution is 7.22. The zero-order valence-electron chi connectivity index (χ0n) is 9.08. The first-order chi connectivity index (χ1) is 8.11. The van der Waals surface area contributed by atoms with E-state index in [9.17, 15) is 10.2 Å². The number of aromatic nitrogens is 1. The largest absolute Gasteiger partial charge is 0.396 e. The summed E-state index contributed by atoms with van der Waals surface area (Å²) >= 11 is 1.37. The van der Waals surface area contributed by atoms with Crippen molar-refractivity contribution in [2.24, 2.45) is 0 Å². The third-order valence-electron chi connectivity index (χ3n) is 2.56. The molecule has 0 aliphatic rings. The maximum absolute atomic E-state index is 9.87. The minimum Gasteiger partial charge on any atom is -0.396 e. The van der Waals surface area contributed by atoms with Crippen molar-refractivity contribution < 1.29 is 15.3 Å². The summed E-state index contributed by atoms with van der Waals surface area (Å²) < 4.78 is 0.940. The van der Waals surface area contributed by atoms with E-state index >= 15 is 0 Å². The summed E-state index contributed by atoms with van der Waals surface area (Å²) in [5.41, 5.74) is 6.87. The predicted octanol–water partition coefficient (Wildman–Crippen LogP) is 0.655. The van der Waals surface area contributed by atoms with Crippen molar-refractivity contribution in [1.29, 1.82) is 0 Å². The van der Waals surface area contributed by atoms with E-state index in [0.29, 0.717) is 16.2 Å². The van der Waals surface area contributed by atoms with E-state index in [2.05, 4.69) is 4.98 Å². The molecule has 1 aromatic heterocycles.